The lowest BCUT2D eigenvalue weighted by atomic mass is 9.83. The smallest absolute Gasteiger partial charge is 0.317 e. The van der Waals surface area contributed by atoms with Crippen LogP contribution in [0.4, 0.5) is 0 Å². The third-order valence-corrected chi connectivity index (χ3v) is 16.7. The van der Waals surface area contributed by atoms with Crippen molar-refractivity contribution in [3.8, 4) is 0 Å². The zero-order valence-electron chi connectivity index (χ0n) is 49.7. The monoisotopic (exact) mass is 1140 g/mol. The number of aliphatic hydroxyl groups is 10. The van der Waals surface area contributed by atoms with Gasteiger partial charge in [-0.1, -0.05) is 77.8 Å². The zero-order valence-corrected chi connectivity index (χ0v) is 49.7. The van der Waals surface area contributed by atoms with Gasteiger partial charge in [-0.15, -0.1) is 0 Å². The molecular weight excluding hydrogens is 1040 g/mol. The molecule has 2 bridgehead atoms. The van der Waals surface area contributed by atoms with Gasteiger partial charge in [-0.3, -0.25) is 19.4 Å². The van der Waals surface area contributed by atoms with Gasteiger partial charge in [0.1, 0.15) is 24.7 Å². The summed E-state index contributed by atoms with van der Waals surface area (Å²) in [6.07, 6.45) is -5.29. The molecule has 0 spiro atoms. The summed E-state index contributed by atoms with van der Waals surface area (Å²) in [5, 5.41) is 125. The average Bonchev–Trinajstić information content (AvgIpc) is 3.39. The molecule has 0 aromatic rings. The molecule has 1 saturated heterocycles. The molecule has 0 aliphatic carbocycles. The van der Waals surface area contributed by atoms with Crippen molar-refractivity contribution >= 4 is 23.9 Å². The summed E-state index contributed by atoms with van der Waals surface area (Å²) < 4.78 is 23.8. The van der Waals surface area contributed by atoms with E-state index in [1.807, 2.05) is 19.9 Å². The molecule has 14 N–H and O–H groups in total. The van der Waals surface area contributed by atoms with Crippen LogP contribution in [0.15, 0.2) is 40.4 Å². The van der Waals surface area contributed by atoms with Gasteiger partial charge in [-0.2, -0.15) is 0 Å². The molecule has 2 heterocycles. The number of cyclic esters (lactones) is 1. The van der Waals surface area contributed by atoms with Gasteiger partial charge in [-0.05, 0) is 102 Å². The summed E-state index contributed by atoms with van der Waals surface area (Å²) in [5.74, 6) is -8.75. The van der Waals surface area contributed by atoms with Crippen molar-refractivity contribution in [3.63, 3.8) is 0 Å². The molecule has 1 fully saturated rings. The molecule has 2 rings (SSSR count). The minimum absolute atomic E-state index is 0.116. The van der Waals surface area contributed by atoms with Gasteiger partial charge in [0.25, 0.3) is 0 Å². The van der Waals surface area contributed by atoms with E-state index in [4.69, 9.17) is 24.7 Å². The van der Waals surface area contributed by atoms with E-state index in [1.165, 1.54) is 13.2 Å². The molecule has 0 saturated carbocycles. The number of esters is 2. The van der Waals surface area contributed by atoms with Crippen LogP contribution in [0.3, 0.4) is 0 Å². The third-order valence-electron chi connectivity index (χ3n) is 16.7. The van der Waals surface area contributed by atoms with E-state index in [-0.39, 0.29) is 63.2 Å². The number of carboxylic acids is 1. The van der Waals surface area contributed by atoms with E-state index in [0.717, 1.165) is 37.8 Å². The Morgan fingerprint density at radius 3 is 2.12 bits per heavy atom. The summed E-state index contributed by atoms with van der Waals surface area (Å²) in [4.78, 5) is 42.0. The van der Waals surface area contributed by atoms with Crippen LogP contribution in [0.5, 0.6) is 0 Å². The van der Waals surface area contributed by atoms with E-state index in [2.05, 4.69) is 23.3 Å². The third kappa shape index (κ3) is 24.7. The van der Waals surface area contributed by atoms with Crippen LogP contribution in [0, 0.1) is 41.4 Å². The minimum atomic E-state index is -2.00. The van der Waals surface area contributed by atoms with Gasteiger partial charge >= 0.3 is 17.9 Å². The van der Waals surface area contributed by atoms with Gasteiger partial charge in [0.15, 0.2) is 11.7 Å². The van der Waals surface area contributed by atoms with Gasteiger partial charge in [-0.25, -0.2) is 0 Å². The molecule has 0 amide bonds. The molecule has 80 heavy (non-hydrogen) atoms. The highest BCUT2D eigenvalue weighted by Gasteiger charge is 2.52. The molecule has 2 aliphatic heterocycles. The number of fused-ring (bicyclic) bond motifs is 2. The van der Waals surface area contributed by atoms with Gasteiger partial charge in [0.2, 0.25) is 0 Å². The number of unbranched alkanes of at least 4 members (excludes halogenated alkanes) is 3. The zero-order chi connectivity index (χ0) is 60.6. The van der Waals surface area contributed by atoms with E-state index in [0.29, 0.717) is 30.8 Å². The lowest BCUT2D eigenvalue weighted by Gasteiger charge is -2.47. The quantitative estimate of drug-likeness (QED) is 0.0310. The summed E-state index contributed by atoms with van der Waals surface area (Å²) in [6, 6.07) is 0. The number of carbonyl (C=O) groups excluding carboxylic acids is 2. The number of aliphatic imine (C=N–C) groups is 1. The first-order chi connectivity index (χ1) is 37.5. The number of ether oxygens (including phenoxy) is 4. The highest BCUT2D eigenvalue weighted by molar-refractivity contribution is 5.90. The van der Waals surface area contributed by atoms with Gasteiger partial charge in [0.05, 0.1) is 67.0 Å². The van der Waals surface area contributed by atoms with Crippen molar-refractivity contribution in [1.82, 2.24) is 5.32 Å². The average molecular weight is 1140 g/mol. The van der Waals surface area contributed by atoms with Crippen molar-refractivity contribution in [2.24, 2.45) is 52.2 Å². The molecule has 464 valence electrons. The molecule has 21 unspecified atom stereocenters. The Morgan fingerprint density at radius 2 is 1.49 bits per heavy atom. The standard InChI is InChI=1S/C59H105N3O18/c1-33(17-14-12-13-15-24-62-58(60)61-10)25-38(6)55-37(5)19-16-18-36(4)54(74)40(8)48(67)27-42(63)26-43(78-53(73)31-52(71)72)28-44-29-50(69)56(75)59(77-11,80-44)32-51(70)35(3)21-22-45(64)39(7)49(68)30-47(66)34(2)20-23-46(65)41(9)57(76)79-55/h17-18,20,23,34-35,37-51,54-56,63-70,74-75H,12-16,19,21-22,24-32H2,1-11H3,(H,71,72)(H3,60,61,62). The number of methoxy groups -OCH3 is 1. The maximum Gasteiger partial charge on any atom is 0.317 e. The van der Waals surface area contributed by atoms with Crippen molar-refractivity contribution in [2.75, 3.05) is 20.7 Å². The Hall–Kier alpha value is -3.58. The number of hydrogen-bond donors (Lipinski definition) is 13. The first-order valence-electron chi connectivity index (χ1n) is 29.1. The Labute approximate surface area is 475 Å². The van der Waals surface area contributed by atoms with Gasteiger partial charge < -0.3 is 86.2 Å². The number of rotatable bonds is 13. The Morgan fingerprint density at radius 1 is 0.825 bits per heavy atom. The lowest BCUT2D eigenvalue weighted by molar-refractivity contribution is -0.343. The first-order valence-corrected chi connectivity index (χ1v) is 29.1. The number of nitrogens with one attached hydrogen (secondary N) is 1. The molecule has 0 radical (unpaired) electrons. The van der Waals surface area contributed by atoms with Crippen LogP contribution in [-0.4, -0.2) is 186 Å². The highest BCUT2D eigenvalue weighted by atomic mass is 16.7. The summed E-state index contributed by atoms with van der Waals surface area (Å²) >= 11 is 0. The van der Waals surface area contributed by atoms with E-state index in [1.54, 1.807) is 54.7 Å². The number of hydrogen-bond acceptors (Lipinski definition) is 18. The number of guanidine groups is 1. The number of carboxylic acid groups (broad SMARTS) is 1. The van der Waals surface area contributed by atoms with Crippen LogP contribution in [-0.2, 0) is 33.3 Å². The molecule has 2 aliphatic rings. The van der Waals surface area contributed by atoms with Gasteiger partial charge in [0, 0.05) is 70.6 Å². The predicted octanol–water partition coefficient (Wildman–Crippen LogP) is 3.94. The minimum Gasteiger partial charge on any atom is -0.481 e. The molecule has 0 aromatic heterocycles. The molecule has 21 heteroatoms. The Bertz CT molecular complexity index is 1960. The van der Waals surface area contributed by atoms with E-state index < -0.39 is 139 Å². The lowest BCUT2D eigenvalue weighted by Crippen LogP contribution is -2.61. The fourth-order valence-corrected chi connectivity index (χ4v) is 10.7. The van der Waals surface area contributed by atoms with Crippen LogP contribution in [0.2, 0.25) is 0 Å². The summed E-state index contributed by atoms with van der Waals surface area (Å²) in [6.45, 7) is 16.7. The number of aliphatic carboxylic acids is 1. The first kappa shape index (κ1) is 72.5. The second kappa shape index (κ2) is 36.2. The molecular formula is C59H105N3O18. The number of nitrogens with two attached hydrogens (primary N) is 1. The number of carbonyl (C=O) groups is 3. The topological polar surface area (TPSA) is 361 Å². The van der Waals surface area contributed by atoms with Crippen molar-refractivity contribution in [2.45, 2.75) is 250 Å². The summed E-state index contributed by atoms with van der Waals surface area (Å²) in [7, 11) is 2.85. The second-order valence-electron chi connectivity index (χ2n) is 23.6. The van der Waals surface area contributed by atoms with Crippen LogP contribution in [0.25, 0.3) is 0 Å². The maximum atomic E-state index is 13.9. The molecule has 21 nitrogen and oxygen atoms in total. The summed E-state index contributed by atoms with van der Waals surface area (Å²) in [5.41, 5.74) is 7.42. The van der Waals surface area contributed by atoms with Crippen LogP contribution < -0.4 is 11.1 Å². The fraction of sp³-hybridized carbons (Fsp3) is 0.831. The maximum absolute atomic E-state index is 13.9. The van der Waals surface area contributed by atoms with Crippen molar-refractivity contribution in [3.05, 3.63) is 35.5 Å². The van der Waals surface area contributed by atoms with Crippen LogP contribution in [0.1, 0.15) is 165 Å². The van der Waals surface area contributed by atoms with E-state index >= 15 is 0 Å². The highest BCUT2D eigenvalue weighted by Crippen LogP contribution is 2.39. The Kier molecular flexibility index (Phi) is 32.8. The number of aliphatic hydroxyl groups excluding tert-OH is 10. The Balaban J connectivity index is 2.50. The molecule has 0 aromatic carbocycles. The SMILES string of the molecule is CN=C(N)NCCCCCC=C(C)CC(C)C1OC(=O)C(C)C(O)C=CC(C)C(O)CC(O)C(C)C(O)CCC(C)C(O)CC2(OC)OC(CC(OC(=O)CC(=O)O)CC(O)CC(O)C(C)C(O)C(C)=CCCC1C)CC(O)C2O. The largest absolute Gasteiger partial charge is 0.481 e. The fourth-order valence-electron chi connectivity index (χ4n) is 10.7. The number of nitrogens with zero attached hydrogens (tertiary/aromatic N) is 1. The van der Waals surface area contributed by atoms with Crippen molar-refractivity contribution < 1.29 is 89.5 Å². The number of allylic oxidation sites excluding steroid dienone is 3. The van der Waals surface area contributed by atoms with Crippen molar-refractivity contribution in [1.29, 1.82) is 0 Å². The predicted molar refractivity (Wildman–Crippen MR) is 302 cm³/mol. The second-order valence-corrected chi connectivity index (χ2v) is 23.6. The normalized spacial score (nSPS) is 37.8. The van der Waals surface area contributed by atoms with E-state index in [9.17, 15) is 70.6 Å². The molecule has 21 atom stereocenters. The van der Waals surface area contributed by atoms with Crippen LogP contribution >= 0.6 is 0 Å².